The zero-order valence-corrected chi connectivity index (χ0v) is 17.7. The van der Waals surface area contributed by atoms with Crippen LogP contribution in [0.4, 0.5) is 11.5 Å². The molecule has 31 heavy (non-hydrogen) atoms. The number of anilines is 2. The van der Waals surface area contributed by atoms with E-state index in [9.17, 15) is 9.90 Å². The molecule has 0 aliphatic heterocycles. The van der Waals surface area contributed by atoms with Gasteiger partial charge in [-0.2, -0.15) is 0 Å². The van der Waals surface area contributed by atoms with Crippen LogP contribution in [0.15, 0.2) is 48.7 Å². The van der Waals surface area contributed by atoms with Crippen LogP contribution in [0.25, 0.3) is 16.8 Å². The molecule has 0 radical (unpaired) electrons. The summed E-state index contributed by atoms with van der Waals surface area (Å²) in [6.45, 7) is -0.774. The number of fused-ring (bicyclic) bond motifs is 1. The third-order valence-corrected chi connectivity index (χ3v) is 5.31. The van der Waals surface area contributed by atoms with Gasteiger partial charge < -0.3 is 16.2 Å². The Labute approximate surface area is 192 Å². The number of rotatable bonds is 4. The highest BCUT2D eigenvalue weighted by Crippen LogP contribution is 2.33. The minimum atomic E-state index is -2.54. The van der Waals surface area contributed by atoms with Crippen LogP contribution in [0.2, 0.25) is 10.2 Å². The van der Waals surface area contributed by atoms with E-state index in [1.807, 2.05) is 0 Å². The SMILES string of the molecule is [2H]C([2H])([2H])c1nc(-c2ccc(NC(=O)C(O)c3cccc(Cl)c3)cc2C)c2c(N)ncc(Cl)n12. The molecule has 9 heteroatoms. The van der Waals surface area contributed by atoms with Crippen molar-refractivity contribution in [2.45, 2.75) is 19.9 Å². The van der Waals surface area contributed by atoms with Gasteiger partial charge in [-0.05, 0) is 49.2 Å². The zero-order valence-electron chi connectivity index (χ0n) is 19.2. The van der Waals surface area contributed by atoms with Crippen molar-refractivity contribution in [1.29, 1.82) is 0 Å². The number of carbonyl (C=O) groups excluding carboxylic acids is 1. The molecule has 0 aliphatic carbocycles. The predicted molar refractivity (Wildman–Crippen MR) is 122 cm³/mol. The summed E-state index contributed by atoms with van der Waals surface area (Å²) in [7, 11) is 0. The fraction of sp³-hybridized carbons (Fsp3) is 0.136. The normalized spacial score (nSPS) is 14.0. The second-order valence-electron chi connectivity index (χ2n) is 6.91. The number of nitrogens with one attached hydrogen (secondary N) is 1. The van der Waals surface area contributed by atoms with Gasteiger partial charge in [-0.25, -0.2) is 9.97 Å². The highest BCUT2D eigenvalue weighted by atomic mass is 35.5. The molecule has 0 spiro atoms. The summed E-state index contributed by atoms with van der Waals surface area (Å²) in [6.07, 6.45) is -0.146. The van der Waals surface area contributed by atoms with E-state index >= 15 is 0 Å². The van der Waals surface area contributed by atoms with Crippen molar-refractivity contribution in [3.63, 3.8) is 0 Å². The fourth-order valence-electron chi connectivity index (χ4n) is 3.34. The Kier molecular flexibility index (Phi) is 4.63. The molecule has 0 fully saturated rings. The van der Waals surface area contributed by atoms with Crippen molar-refractivity contribution < 1.29 is 14.0 Å². The van der Waals surface area contributed by atoms with E-state index in [0.29, 0.717) is 33.1 Å². The number of nitrogens with two attached hydrogens (primary N) is 1. The molecule has 4 aromatic rings. The monoisotopic (exact) mass is 458 g/mol. The number of nitrogens with zero attached hydrogens (tertiary/aromatic N) is 3. The highest BCUT2D eigenvalue weighted by Gasteiger charge is 2.20. The lowest BCUT2D eigenvalue weighted by Crippen LogP contribution is -2.20. The number of imidazole rings is 1. The van der Waals surface area contributed by atoms with Crippen LogP contribution in [-0.4, -0.2) is 25.4 Å². The number of aromatic nitrogens is 3. The van der Waals surface area contributed by atoms with Crippen LogP contribution >= 0.6 is 23.2 Å². The van der Waals surface area contributed by atoms with Crippen LogP contribution in [-0.2, 0) is 4.79 Å². The number of halogens is 2. The summed E-state index contributed by atoms with van der Waals surface area (Å²) in [5.74, 6) is -0.798. The topological polar surface area (TPSA) is 106 Å². The molecule has 0 aliphatic rings. The molecule has 0 bridgehead atoms. The van der Waals surface area contributed by atoms with Crippen LogP contribution in [0.5, 0.6) is 0 Å². The molecule has 2 heterocycles. The number of aliphatic hydroxyl groups excluding tert-OH is 1. The Morgan fingerprint density at radius 3 is 2.81 bits per heavy atom. The van der Waals surface area contributed by atoms with E-state index in [0.717, 1.165) is 0 Å². The molecule has 0 saturated heterocycles. The smallest absolute Gasteiger partial charge is 0.257 e. The van der Waals surface area contributed by atoms with E-state index in [2.05, 4.69) is 15.3 Å². The third-order valence-electron chi connectivity index (χ3n) is 4.81. The Balaban J connectivity index is 1.71. The van der Waals surface area contributed by atoms with E-state index < -0.39 is 18.9 Å². The lowest BCUT2D eigenvalue weighted by molar-refractivity contribution is -0.124. The number of nitrogen functional groups attached to an aromatic ring is 1. The average molecular weight is 459 g/mol. The molecule has 158 valence electrons. The summed E-state index contributed by atoms with van der Waals surface area (Å²) in [4.78, 5) is 20.9. The minimum Gasteiger partial charge on any atom is -0.382 e. The van der Waals surface area contributed by atoms with Gasteiger partial charge in [-0.1, -0.05) is 41.4 Å². The van der Waals surface area contributed by atoms with Gasteiger partial charge in [0, 0.05) is 20.4 Å². The molecule has 1 amide bonds. The zero-order chi connectivity index (χ0) is 24.8. The molecule has 2 aromatic carbocycles. The Morgan fingerprint density at radius 1 is 1.29 bits per heavy atom. The predicted octanol–water partition coefficient (Wildman–Crippen LogP) is 4.57. The summed E-state index contributed by atoms with van der Waals surface area (Å²) in [5, 5.41) is 13.5. The first-order valence-electron chi connectivity index (χ1n) is 10.7. The number of amides is 1. The van der Waals surface area contributed by atoms with Crippen LogP contribution in [0.1, 0.15) is 27.2 Å². The van der Waals surface area contributed by atoms with Gasteiger partial charge in [0.05, 0.1) is 6.20 Å². The highest BCUT2D eigenvalue weighted by molar-refractivity contribution is 6.30. The molecular weight excluding hydrogens is 437 g/mol. The second kappa shape index (κ2) is 8.19. The van der Waals surface area contributed by atoms with E-state index in [1.54, 1.807) is 43.3 Å². The Hall–Kier alpha value is -3.13. The van der Waals surface area contributed by atoms with Gasteiger partial charge in [-0.15, -0.1) is 0 Å². The quantitative estimate of drug-likeness (QED) is 0.415. The van der Waals surface area contributed by atoms with Gasteiger partial charge in [0.2, 0.25) is 0 Å². The van der Waals surface area contributed by atoms with Crippen molar-refractivity contribution in [1.82, 2.24) is 14.4 Å². The summed E-state index contributed by atoms with van der Waals surface area (Å²) in [5.41, 5.74) is 8.67. The maximum atomic E-state index is 12.5. The van der Waals surface area contributed by atoms with Crippen molar-refractivity contribution in [2.75, 3.05) is 11.1 Å². The van der Waals surface area contributed by atoms with Gasteiger partial charge in [-0.3, -0.25) is 9.20 Å². The van der Waals surface area contributed by atoms with Gasteiger partial charge >= 0.3 is 0 Å². The molecular formula is C22H19Cl2N5O2. The maximum absolute atomic E-state index is 12.5. The Morgan fingerprint density at radius 2 is 2.10 bits per heavy atom. The molecule has 4 N–H and O–H groups in total. The van der Waals surface area contributed by atoms with Gasteiger partial charge in [0.25, 0.3) is 5.91 Å². The first kappa shape index (κ1) is 17.5. The van der Waals surface area contributed by atoms with Crippen molar-refractivity contribution >= 4 is 46.1 Å². The number of benzene rings is 2. The number of aliphatic hydroxyl groups is 1. The number of aryl methyl sites for hydroxylation is 2. The maximum Gasteiger partial charge on any atom is 0.257 e. The van der Waals surface area contributed by atoms with Gasteiger partial charge in [0.15, 0.2) is 6.10 Å². The molecule has 4 rings (SSSR count). The van der Waals surface area contributed by atoms with E-state index in [1.165, 1.54) is 16.7 Å². The Bertz CT molecular complexity index is 1420. The molecule has 2 aromatic heterocycles. The minimum absolute atomic E-state index is 0.0608. The fourth-order valence-corrected chi connectivity index (χ4v) is 3.75. The first-order valence-corrected chi connectivity index (χ1v) is 9.91. The third kappa shape index (κ3) is 3.95. The van der Waals surface area contributed by atoms with Gasteiger partial charge in [0.1, 0.15) is 28.0 Å². The molecule has 1 unspecified atom stereocenters. The van der Waals surface area contributed by atoms with Crippen molar-refractivity contribution in [3.8, 4) is 11.3 Å². The summed E-state index contributed by atoms with van der Waals surface area (Å²) >= 11 is 12.2. The molecule has 1 atom stereocenters. The van der Waals surface area contributed by atoms with Crippen LogP contribution in [0, 0.1) is 13.8 Å². The second-order valence-corrected chi connectivity index (χ2v) is 7.73. The van der Waals surface area contributed by atoms with Crippen LogP contribution in [0.3, 0.4) is 0 Å². The summed E-state index contributed by atoms with van der Waals surface area (Å²) in [6, 6.07) is 11.3. The average Bonchev–Trinajstić information content (AvgIpc) is 3.18. The number of hydrogen-bond acceptors (Lipinski definition) is 5. The lowest BCUT2D eigenvalue weighted by Gasteiger charge is -2.13. The van der Waals surface area contributed by atoms with Crippen molar-refractivity contribution in [3.05, 3.63) is 75.8 Å². The number of hydrogen-bond donors (Lipinski definition) is 3. The van der Waals surface area contributed by atoms with E-state index in [4.69, 9.17) is 33.0 Å². The summed E-state index contributed by atoms with van der Waals surface area (Å²) < 4.78 is 24.8. The van der Waals surface area contributed by atoms with Crippen LogP contribution < -0.4 is 11.1 Å². The van der Waals surface area contributed by atoms with E-state index in [-0.39, 0.29) is 22.3 Å². The number of carbonyl (C=O) groups is 1. The molecule has 7 nitrogen and oxygen atoms in total. The first-order chi connectivity index (χ1) is 16.0. The van der Waals surface area contributed by atoms with Crippen molar-refractivity contribution in [2.24, 2.45) is 0 Å². The standard InChI is InChI=1S/C22H19Cl2N5O2/c1-11-8-15(28-22(31)20(30)13-4-3-5-14(23)9-13)6-7-16(11)18-19-21(25)26-10-17(24)29(19)12(2)27-18/h3-10,20,30H,1-2H3,(H2,25,26)(H,28,31)/i2D3. The largest absolute Gasteiger partial charge is 0.382 e. The molecule has 0 saturated carbocycles. The lowest BCUT2D eigenvalue weighted by atomic mass is 10.0.